The maximum Gasteiger partial charge on any atom is 0.491 e. The number of carbonyl (C=O) groups is 1. The summed E-state index contributed by atoms with van der Waals surface area (Å²) in [6.45, 7) is 0.110. The first kappa shape index (κ1) is 19.8. The molecule has 0 spiro atoms. The molecule has 2 heterocycles. The third-order valence-corrected chi connectivity index (χ3v) is 6.44. The minimum Gasteiger partial charge on any atom is -0.489 e. The van der Waals surface area contributed by atoms with E-state index in [-0.39, 0.29) is 12.1 Å². The van der Waals surface area contributed by atoms with Crippen LogP contribution in [0.4, 0.5) is 4.39 Å². The minimum absolute atomic E-state index is 0.110. The Balaban J connectivity index is 1.49. The number of hydrogen-bond donors (Lipinski definition) is 3. The zero-order valence-electron chi connectivity index (χ0n) is 14.8. The number of carboxylic acid groups (broad SMARTS) is 1. The third kappa shape index (κ3) is 4.27. The summed E-state index contributed by atoms with van der Waals surface area (Å²) in [5.74, 6) is -0.679. The van der Waals surface area contributed by atoms with E-state index in [9.17, 15) is 9.18 Å². The van der Waals surface area contributed by atoms with E-state index in [1.807, 2.05) is 6.07 Å². The van der Waals surface area contributed by atoms with E-state index in [0.29, 0.717) is 27.1 Å². The van der Waals surface area contributed by atoms with Crippen LogP contribution in [0.25, 0.3) is 10.2 Å². The van der Waals surface area contributed by atoms with Crippen LogP contribution in [0.3, 0.4) is 0 Å². The molecule has 4 rings (SSSR count). The number of aromatic nitrogens is 1. The van der Waals surface area contributed by atoms with Crippen molar-refractivity contribution in [3.05, 3.63) is 52.8 Å². The average molecular weight is 432 g/mol. The molecule has 0 aliphatic carbocycles. The molecule has 0 fully saturated rings. The van der Waals surface area contributed by atoms with Crippen molar-refractivity contribution in [2.75, 3.05) is 5.75 Å². The predicted molar refractivity (Wildman–Crippen MR) is 111 cm³/mol. The van der Waals surface area contributed by atoms with Crippen molar-refractivity contribution in [1.82, 2.24) is 4.98 Å². The second kappa shape index (κ2) is 8.11. The van der Waals surface area contributed by atoms with Gasteiger partial charge in [0.15, 0.2) is 6.04 Å². The van der Waals surface area contributed by atoms with Gasteiger partial charge in [-0.1, -0.05) is 12.1 Å². The Morgan fingerprint density at radius 3 is 2.79 bits per heavy atom. The molecule has 1 aliphatic heterocycles. The smallest absolute Gasteiger partial charge is 0.489 e. The summed E-state index contributed by atoms with van der Waals surface area (Å²) in [6, 6.07) is 8.69. The van der Waals surface area contributed by atoms with Crippen molar-refractivity contribution >= 4 is 56.9 Å². The quantitative estimate of drug-likeness (QED) is 0.508. The lowest BCUT2D eigenvalue weighted by molar-refractivity contribution is -0.137. The molecule has 0 saturated heterocycles. The molecule has 1 atom stereocenters. The second-order valence-electron chi connectivity index (χ2n) is 6.27. The lowest BCUT2D eigenvalue weighted by atomic mass is 9.79. The van der Waals surface area contributed by atoms with Crippen molar-refractivity contribution in [3.63, 3.8) is 0 Å². The Labute approximate surface area is 173 Å². The topological polar surface area (TPSA) is 112 Å². The molecule has 2 aromatic carbocycles. The van der Waals surface area contributed by atoms with Crippen LogP contribution in [0, 0.1) is 5.82 Å². The third-order valence-electron chi connectivity index (χ3n) is 4.23. The van der Waals surface area contributed by atoms with Gasteiger partial charge in [0.1, 0.15) is 28.2 Å². The first-order valence-corrected chi connectivity index (χ1v) is 10.3. The molecule has 1 aromatic heterocycles. The molecule has 3 N–H and O–H groups in total. The van der Waals surface area contributed by atoms with Gasteiger partial charge >= 0.3 is 13.1 Å². The van der Waals surface area contributed by atoms with Crippen molar-refractivity contribution in [1.29, 1.82) is 0 Å². The van der Waals surface area contributed by atoms with Crippen LogP contribution in [0.1, 0.15) is 10.6 Å². The normalized spacial score (nSPS) is 16.1. The van der Waals surface area contributed by atoms with Gasteiger partial charge in [-0.3, -0.25) is 4.99 Å². The SMILES string of the molecule is O=C(O)C1CSC(c2nc3ccc(OCc4ccc(B(O)O)c(F)c4)cc3s2)=N1. The van der Waals surface area contributed by atoms with E-state index < -0.39 is 24.9 Å². The van der Waals surface area contributed by atoms with Crippen molar-refractivity contribution in [2.45, 2.75) is 12.6 Å². The Morgan fingerprint density at radius 1 is 1.28 bits per heavy atom. The van der Waals surface area contributed by atoms with Crippen LogP contribution in [0.2, 0.25) is 0 Å². The van der Waals surface area contributed by atoms with Gasteiger partial charge in [-0.05, 0) is 29.8 Å². The van der Waals surface area contributed by atoms with Gasteiger partial charge in [-0.25, -0.2) is 14.2 Å². The largest absolute Gasteiger partial charge is 0.491 e. The van der Waals surface area contributed by atoms with Crippen LogP contribution in [0.15, 0.2) is 41.4 Å². The van der Waals surface area contributed by atoms with Crippen LogP contribution in [-0.2, 0) is 11.4 Å². The summed E-state index contributed by atoms with van der Waals surface area (Å²) < 4.78 is 20.4. The fraction of sp³-hybridized carbons (Fsp3) is 0.167. The molecule has 148 valence electrons. The average Bonchev–Trinajstić information content (AvgIpc) is 3.32. The van der Waals surface area contributed by atoms with Gasteiger partial charge in [0.2, 0.25) is 0 Å². The number of carboxylic acids is 1. The Morgan fingerprint density at radius 2 is 2.10 bits per heavy atom. The number of ether oxygens (including phenoxy) is 1. The highest BCUT2D eigenvalue weighted by Crippen LogP contribution is 2.31. The van der Waals surface area contributed by atoms with Crippen LogP contribution >= 0.6 is 23.1 Å². The van der Waals surface area contributed by atoms with Crippen molar-refractivity contribution in [2.24, 2.45) is 4.99 Å². The molecule has 29 heavy (non-hydrogen) atoms. The van der Waals surface area contributed by atoms with E-state index in [1.54, 1.807) is 18.2 Å². The minimum atomic E-state index is -1.86. The maximum absolute atomic E-state index is 13.8. The Bertz CT molecular complexity index is 1120. The highest BCUT2D eigenvalue weighted by atomic mass is 32.2. The lowest BCUT2D eigenvalue weighted by Crippen LogP contribution is -2.32. The van der Waals surface area contributed by atoms with Crippen LogP contribution < -0.4 is 10.2 Å². The summed E-state index contributed by atoms with van der Waals surface area (Å²) in [7, 11) is -1.86. The summed E-state index contributed by atoms with van der Waals surface area (Å²) in [5, 5.41) is 28.5. The summed E-state index contributed by atoms with van der Waals surface area (Å²) in [6.07, 6.45) is 0. The maximum atomic E-state index is 13.8. The van der Waals surface area contributed by atoms with E-state index in [0.717, 1.165) is 10.2 Å². The zero-order chi connectivity index (χ0) is 20.5. The fourth-order valence-electron chi connectivity index (χ4n) is 2.74. The molecule has 7 nitrogen and oxygen atoms in total. The first-order chi connectivity index (χ1) is 13.9. The van der Waals surface area contributed by atoms with Crippen LogP contribution in [0.5, 0.6) is 5.75 Å². The second-order valence-corrected chi connectivity index (χ2v) is 8.31. The number of halogens is 1. The summed E-state index contributed by atoms with van der Waals surface area (Å²) >= 11 is 2.78. The standard InChI is InChI=1S/C18H14BFN2O5S2/c20-12-5-9(1-3-11(12)19(25)26)7-27-10-2-4-13-15(6-10)29-17(21-13)16-22-14(8-28-16)18(23)24/h1-6,14,25-26H,7-8H2,(H,23,24). The molecular formula is C18H14BFN2O5S2. The number of aliphatic carboxylic acids is 1. The highest BCUT2D eigenvalue weighted by molar-refractivity contribution is 8.15. The van der Waals surface area contributed by atoms with Crippen LogP contribution in [-0.4, -0.2) is 50.1 Å². The molecule has 0 amide bonds. The Hall–Kier alpha value is -2.47. The Kier molecular flexibility index (Phi) is 5.55. The zero-order valence-corrected chi connectivity index (χ0v) is 16.4. The number of nitrogens with zero attached hydrogens (tertiary/aromatic N) is 2. The van der Waals surface area contributed by atoms with Crippen molar-refractivity contribution < 1.29 is 29.1 Å². The molecule has 3 aromatic rings. The van der Waals surface area contributed by atoms with Crippen molar-refractivity contribution in [3.8, 4) is 5.75 Å². The summed E-state index contributed by atoms with van der Waals surface area (Å²) in [5.41, 5.74) is 1.12. The number of thiazole rings is 1. The number of benzene rings is 2. The van der Waals surface area contributed by atoms with Gasteiger partial charge < -0.3 is 19.9 Å². The molecule has 0 radical (unpaired) electrons. The molecule has 1 unspecified atom stereocenters. The van der Waals surface area contributed by atoms with E-state index in [4.69, 9.17) is 19.9 Å². The monoisotopic (exact) mass is 432 g/mol. The van der Waals surface area contributed by atoms with Gasteiger partial charge in [0.25, 0.3) is 0 Å². The molecule has 1 aliphatic rings. The molecule has 0 saturated carbocycles. The first-order valence-electron chi connectivity index (χ1n) is 8.52. The highest BCUT2D eigenvalue weighted by Gasteiger charge is 2.26. The van der Waals surface area contributed by atoms with Gasteiger partial charge in [0, 0.05) is 11.2 Å². The lowest BCUT2D eigenvalue weighted by Gasteiger charge is -2.08. The molecule has 0 bridgehead atoms. The summed E-state index contributed by atoms with van der Waals surface area (Å²) in [4.78, 5) is 19.8. The predicted octanol–water partition coefficient (Wildman–Crippen LogP) is 1.64. The van der Waals surface area contributed by atoms with Gasteiger partial charge in [-0.15, -0.1) is 23.1 Å². The molecule has 11 heteroatoms. The number of aliphatic imine (C=N–C) groups is 1. The van der Waals surface area contributed by atoms with Gasteiger partial charge in [0.05, 0.1) is 10.2 Å². The number of thioether (sulfide) groups is 1. The number of hydrogen-bond acceptors (Lipinski definition) is 8. The molecular weight excluding hydrogens is 418 g/mol. The van der Waals surface area contributed by atoms with E-state index in [2.05, 4.69) is 9.98 Å². The van der Waals surface area contributed by atoms with Gasteiger partial charge in [-0.2, -0.15) is 0 Å². The number of fused-ring (bicyclic) bond motifs is 1. The van der Waals surface area contributed by atoms with E-state index in [1.165, 1.54) is 35.2 Å². The van der Waals surface area contributed by atoms with E-state index >= 15 is 0 Å². The fourth-order valence-corrected chi connectivity index (χ4v) is 4.83. The number of rotatable bonds is 6.